The van der Waals surface area contributed by atoms with Gasteiger partial charge in [0.15, 0.2) is 0 Å². The summed E-state index contributed by atoms with van der Waals surface area (Å²) in [6.45, 7) is 6.47. The first-order valence-electron chi connectivity index (χ1n) is 7.36. The van der Waals surface area contributed by atoms with Gasteiger partial charge in [-0.15, -0.1) is 0 Å². The van der Waals surface area contributed by atoms with E-state index < -0.39 is 0 Å². The largest absolute Gasteiger partial charge is 0.329 e. The molecule has 0 aromatic carbocycles. The standard InChI is InChI=1S/C16H27N3S/c1-15(2)10-16(11-17,13-20-12-15)19(3)9-7-14-6-4-5-8-18-14/h4-6,8H,7,9-13,17H2,1-3H3. The minimum absolute atomic E-state index is 0.140. The highest BCUT2D eigenvalue weighted by atomic mass is 32.2. The number of aromatic nitrogens is 1. The van der Waals surface area contributed by atoms with E-state index in [9.17, 15) is 0 Å². The third kappa shape index (κ3) is 3.74. The summed E-state index contributed by atoms with van der Waals surface area (Å²) in [5, 5.41) is 0. The van der Waals surface area contributed by atoms with Crippen molar-refractivity contribution in [3.63, 3.8) is 0 Å². The van der Waals surface area contributed by atoms with Crippen molar-refractivity contribution in [1.82, 2.24) is 9.88 Å². The SMILES string of the molecule is CN(CCc1ccccn1)C1(CN)CSCC(C)(C)C1. The maximum atomic E-state index is 6.16. The molecule has 1 aromatic heterocycles. The second kappa shape index (κ2) is 6.46. The van der Waals surface area contributed by atoms with Crippen molar-refractivity contribution in [2.75, 3.05) is 31.6 Å². The van der Waals surface area contributed by atoms with E-state index in [1.54, 1.807) is 0 Å². The summed E-state index contributed by atoms with van der Waals surface area (Å²) in [7, 11) is 2.22. The number of nitrogens with two attached hydrogens (primary N) is 1. The molecule has 0 spiro atoms. The van der Waals surface area contributed by atoms with Gasteiger partial charge in [0.25, 0.3) is 0 Å². The second-order valence-corrected chi connectivity index (χ2v) is 7.74. The zero-order valence-corrected chi connectivity index (χ0v) is 13.7. The molecule has 1 aromatic rings. The normalized spacial score (nSPS) is 25.9. The average molecular weight is 293 g/mol. The van der Waals surface area contributed by atoms with Gasteiger partial charge in [0.05, 0.1) is 0 Å². The molecule has 3 nitrogen and oxygen atoms in total. The van der Waals surface area contributed by atoms with E-state index in [2.05, 4.69) is 42.9 Å². The average Bonchev–Trinajstić information content (AvgIpc) is 2.44. The van der Waals surface area contributed by atoms with Crippen LogP contribution in [0.15, 0.2) is 24.4 Å². The van der Waals surface area contributed by atoms with Gasteiger partial charge in [0.2, 0.25) is 0 Å². The number of pyridine rings is 1. The lowest BCUT2D eigenvalue weighted by molar-refractivity contribution is 0.0944. The van der Waals surface area contributed by atoms with E-state index in [4.69, 9.17) is 5.73 Å². The van der Waals surface area contributed by atoms with Gasteiger partial charge in [-0.2, -0.15) is 11.8 Å². The minimum atomic E-state index is 0.140. The Balaban J connectivity index is 2.00. The Morgan fingerprint density at radius 2 is 2.15 bits per heavy atom. The summed E-state index contributed by atoms with van der Waals surface area (Å²) in [5.74, 6) is 2.38. The fourth-order valence-corrected chi connectivity index (χ4v) is 4.68. The van der Waals surface area contributed by atoms with Crippen LogP contribution in [0.25, 0.3) is 0 Å². The van der Waals surface area contributed by atoms with Crippen LogP contribution in [-0.4, -0.2) is 47.1 Å². The fraction of sp³-hybridized carbons (Fsp3) is 0.688. The quantitative estimate of drug-likeness (QED) is 0.905. The van der Waals surface area contributed by atoms with E-state index in [1.165, 1.54) is 12.2 Å². The lowest BCUT2D eigenvalue weighted by atomic mass is 9.79. The van der Waals surface area contributed by atoms with E-state index in [1.807, 2.05) is 24.0 Å². The summed E-state index contributed by atoms with van der Waals surface area (Å²) in [4.78, 5) is 6.88. The van der Waals surface area contributed by atoms with E-state index in [-0.39, 0.29) is 5.54 Å². The number of likely N-dealkylation sites (N-methyl/N-ethyl adjacent to an activating group) is 1. The van der Waals surface area contributed by atoms with Gasteiger partial charge in [-0.1, -0.05) is 19.9 Å². The molecule has 1 unspecified atom stereocenters. The Kier molecular flexibility index (Phi) is 5.10. The molecule has 20 heavy (non-hydrogen) atoms. The predicted molar refractivity (Wildman–Crippen MR) is 88.1 cm³/mol. The van der Waals surface area contributed by atoms with Crippen molar-refractivity contribution in [3.8, 4) is 0 Å². The van der Waals surface area contributed by atoms with Crippen LogP contribution in [0.3, 0.4) is 0 Å². The van der Waals surface area contributed by atoms with Gasteiger partial charge >= 0.3 is 0 Å². The molecule has 0 saturated carbocycles. The van der Waals surface area contributed by atoms with Gasteiger partial charge in [-0.25, -0.2) is 0 Å². The van der Waals surface area contributed by atoms with Crippen molar-refractivity contribution in [1.29, 1.82) is 0 Å². The summed E-state index contributed by atoms with van der Waals surface area (Å²) >= 11 is 2.05. The molecular formula is C16H27N3S. The Hall–Kier alpha value is -0.580. The van der Waals surface area contributed by atoms with Crippen molar-refractivity contribution < 1.29 is 0 Å². The maximum absolute atomic E-state index is 6.16. The van der Waals surface area contributed by atoms with Gasteiger partial charge in [-0.3, -0.25) is 9.88 Å². The zero-order valence-electron chi connectivity index (χ0n) is 12.9. The Bertz CT molecular complexity index is 421. The van der Waals surface area contributed by atoms with Gasteiger partial charge in [-0.05, 0) is 36.8 Å². The Morgan fingerprint density at radius 1 is 1.35 bits per heavy atom. The van der Waals surface area contributed by atoms with Crippen LogP contribution in [0.1, 0.15) is 26.0 Å². The van der Waals surface area contributed by atoms with E-state index in [0.717, 1.165) is 31.0 Å². The molecule has 4 heteroatoms. The van der Waals surface area contributed by atoms with Crippen LogP contribution in [0.4, 0.5) is 0 Å². The first-order valence-corrected chi connectivity index (χ1v) is 8.52. The molecule has 1 aliphatic heterocycles. The second-order valence-electron chi connectivity index (χ2n) is 6.75. The van der Waals surface area contributed by atoms with Crippen LogP contribution in [-0.2, 0) is 6.42 Å². The zero-order chi connectivity index (χ0) is 14.6. The molecule has 1 aliphatic rings. The first kappa shape index (κ1) is 15.8. The minimum Gasteiger partial charge on any atom is -0.329 e. The van der Waals surface area contributed by atoms with Crippen LogP contribution in [0.2, 0.25) is 0 Å². The number of thioether (sulfide) groups is 1. The number of hydrogen-bond acceptors (Lipinski definition) is 4. The third-order valence-corrected chi connectivity index (χ3v) is 6.02. The molecule has 0 aliphatic carbocycles. The lowest BCUT2D eigenvalue weighted by Crippen LogP contribution is -2.59. The number of hydrogen-bond donors (Lipinski definition) is 1. The van der Waals surface area contributed by atoms with Crippen molar-refractivity contribution in [2.45, 2.75) is 32.2 Å². The predicted octanol–water partition coefficient (Wildman–Crippen LogP) is 2.42. The number of nitrogens with zero attached hydrogens (tertiary/aromatic N) is 2. The third-order valence-electron chi connectivity index (χ3n) is 4.29. The molecule has 2 rings (SSSR count). The van der Waals surface area contributed by atoms with E-state index >= 15 is 0 Å². The summed E-state index contributed by atoms with van der Waals surface area (Å²) < 4.78 is 0. The Labute approximate surface area is 127 Å². The fourth-order valence-electron chi connectivity index (χ4n) is 3.11. The lowest BCUT2D eigenvalue weighted by Gasteiger charge is -2.49. The molecule has 1 fully saturated rings. The molecule has 2 heterocycles. The van der Waals surface area contributed by atoms with Crippen LogP contribution >= 0.6 is 11.8 Å². The van der Waals surface area contributed by atoms with Crippen molar-refractivity contribution in [3.05, 3.63) is 30.1 Å². The maximum Gasteiger partial charge on any atom is 0.0424 e. The molecule has 0 radical (unpaired) electrons. The van der Waals surface area contributed by atoms with Crippen LogP contribution in [0.5, 0.6) is 0 Å². The highest BCUT2D eigenvalue weighted by Crippen LogP contribution is 2.41. The monoisotopic (exact) mass is 293 g/mol. The summed E-state index contributed by atoms with van der Waals surface area (Å²) in [6, 6.07) is 6.12. The molecule has 112 valence electrons. The van der Waals surface area contributed by atoms with Crippen LogP contribution in [0, 0.1) is 5.41 Å². The highest BCUT2D eigenvalue weighted by Gasteiger charge is 2.42. The highest BCUT2D eigenvalue weighted by molar-refractivity contribution is 7.99. The van der Waals surface area contributed by atoms with Crippen LogP contribution < -0.4 is 5.73 Å². The summed E-state index contributed by atoms with van der Waals surface area (Å²) in [5.41, 5.74) is 7.84. The first-order chi connectivity index (χ1) is 9.47. The molecule has 0 bridgehead atoms. The topological polar surface area (TPSA) is 42.2 Å². The van der Waals surface area contributed by atoms with Crippen molar-refractivity contribution in [2.24, 2.45) is 11.1 Å². The van der Waals surface area contributed by atoms with E-state index in [0.29, 0.717) is 5.41 Å². The molecule has 1 atom stereocenters. The Morgan fingerprint density at radius 3 is 2.75 bits per heavy atom. The molecule has 2 N–H and O–H groups in total. The van der Waals surface area contributed by atoms with Gasteiger partial charge in [0.1, 0.15) is 0 Å². The number of rotatable bonds is 5. The molecule has 0 amide bonds. The van der Waals surface area contributed by atoms with Crippen molar-refractivity contribution >= 4 is 11.8 Å². The molecular weight excluding hydrogens is 266 g/mol. The van der Waals surface area contributed by atoms with Gasteiger partial charge < -0.3 is 5.73 Å². The summed E-state index contributed by atoms with van der Waals surface area (Å²) in [6.07, 6.45) is 4.04. The smallest absolute Gasteiger partial charge is 0.0424 e. The molecule has 1 saturated heterocycles. The van der Waals surface area contributed by atoms with Gasteiger partial charge in [0, 0.05) is 42.7 Å².